The second kappa shape index (κ2) is 11.7. The normalized spacial score (nSPS) is 16.6. The Morgan fingerprint density at radius 2 is 1.82 bits per heavy atom. The molecule has 1 aliphatic rings. The lowest BCUT2D eigenvalue weighted by molar-refractivity contribution is -0.139. The number of aryl methyl sites for hydroxylation is 2. The molecule has 1 atom stereocenters. The number of hydrogen-bond acceptors (Lipinski definition) is 5. The van der Waals surface area contributed by atoms with E-state index in [-0.39, 0.29) is 11.3 Å². The first-order chi connectivity index (χ1) is 18.9. The van der Waals surface area contributed by atoms with Gasteiger partial charge in [0.25, 0.3) is 11.7 Å². The van der Waals surface area contributed by atoms with Crippen LogP contribution in [0.2, 0.25) is 0 Å². The Kier molecular flexibility index (Phi) is 7.93. The highest BCUT2D eigenvalue weighted by Crippen LogP contribution is 2.40. The first kappa shape index (κ1) is 26.4. The monoisotopic (exact) mass is 585 g/mol. The zero-order valence-electron chi connectivity index (χ0n) is 21.5. The number of rotatable bonds is 9. The summed E-state index contributed by atoms with van der Waals surface area (Å²) in [6, 6.07) is 21.7. The van der Waals surface area contributed by atoms with Gasteiger partial charge in [0.1, 0.15) is 18.1 Å². The average Bonchev–Trinajstić information content (AvgIpc) is 3.54. The molecule has 198 valence electrons. The molecule has 8 heteroatoms. The third-order valence-electron chi connectivity index (χ3n) is 6.69. The van der Waals surface area contributed by atoms with E-state index in [1.807, 2.05) is 60.2 Å². The first-order valence-corrected chi connectivity index (χ1v) is 13.5. The van der Waals surface area contributed by atoms with E-state index in [1.54, 1.807) is 41.7 Å². The summed E-state index contributed by atoms with van der Waals surface area (Å²) in [6.45, 7) is 3.45. The number of hydrogen-bond donors (Lipinski definition) is 1. The third kappa shape index (κ3) is 5.96. The largest absolute Gasteiger partial charge is 0.507 e. The van der Waals surface area contributed by atoms with Gasteiger partial charge in [0.2, 0.25) is 0 Å². The van der Waals surface area contributed by atoms with Crippen molar-refractivity contribution in [3.63, 3.8) is 0 Å². The Morgan fingerprint density at radius 3 is 2.54 bits per heavy atom. The highest BCUT2D eigenvalue weighted by Gasteiger charge is 2.45. The molecule has 0 radical (unpaired) electrons. The van der Waals surface area contributed by atoms with Crippen LogP contribution in [0.1, 0.15) is 34.7 Å². The van der Waals surface area contributed by atoms with Crippen molar-refractivity contribution >= 4 is 33.4 Å². The van der Waals surface area contributed by atoms with Crippen molar-refractivity contribution in [2.45, 2.75) is 32.5 Å². The SMILES string of the molecule is Cc1cccc(COc2ccc(C(O)=C3C(=O)C(=O)N(CCCn4ccnc4)C3c3cccc(Br)c3)cc2)c1. The molecule has 39 heavy (non-hydrogen) atoms. The molecular formula is C31H28BrN3O4. The molecule has 4 aromatic rings. The minimum absolute atomic E-state index is 0.0779. The second-order valence-corrected chi connectivity index (χ2v) is 10.4. The molecule has 1 aliphatic heterocycles. The lowest BCUT2D eigenvalue weighted by atomic mass is 9.95. The predicted molar refractivity (Wildman–Crippen MR) is 152 cm³/mol. The number of halogens is 1. The van der Waals surface area contributed by atoms with Gasteiger partial charge < -0.3 is 19.3 Å². The van der Waals surface area contributed by atoms with Gasteiger partial charge in [0.15, 0.2) is 0 Å². The summed E-state index contributed by atoms with van der Waals surface area (Å²) in [5, 5.41) is 11.3. The van der Waals surface area contributed by atoms with Crippen LogP contribution in [0.25, 0.3) is 5.76 Å². The zero-order chi connectivity index (χ0) is 27.4. The van der Waals surface area contributed by atoms with Crippen LogP contribution < -0.4 is 4.74 Å². The van der Waals surface area contributed by atoms with Crippen LogP contribution in [0.3, 0.4) is 0 Å². The van der Waals surface area contributed by atoms with Crippen molar-refractivity contribution < 1.29 is 19.4 Å². The fourth-order valence-electron chi connectivity index (χ4n) is 4.81. The van der Waals surface area contributed by atoms with Crippen LogP contribution in [0.5, 0.6) is 5.75 Å². The molecule has 1 saturated heterocycles. The first-order valence-electron chi connectivity index (χ1n) is 12.7. The van der Waals surface area contributed by atoms with Gasteiger partial charge >= 0.3 is 0 Å². The standard InChI is InChI=1S/C31H28BrN3O4/c1-21-5-2-6-22(17-21)19-39-26-11-9-23(10-12-26)29(36)27-28(24-7-3-8-25(32)18-24)35(31(38)30(27)37)15-4-14-34-16-13-33-20-34/h2-3,5-13,16-18,20,28,36H,4,14-15,19H2,1H3. The number of nitrogens with zero attached hydrogens (tertiary/aromatic N) is 3. The van der Waals surface area contributed by atoms with Gasteiger partial charge in [-0.1, -0.05) is 57.9 Å². The van der Waals surface area contributed by atoms with E-state index in [4.69, 9.17) is 4.74 Å². The maximum absolute atomic E-state index is 13.3. The molecule has 1 N–H and O–H groups in total. The van der Waals surface area contributed by atoms with E-state index in [0.717, 1.165) is 21.2 Å². The number of carbonyl (C=O) groups is 2. The average molecular weight is 586 g/mol. The molecule has 0 spiro atoms. The number of ether oxygens (including phenoxy) is 1. The second-order valence-electron chi connectivity index (χ2n) is 9.50. The minimum atomic E-state index is -0.706. The smallest absolute Gasteiger partial charge is 0.295 e. The van der Waals surface area contributed by atoms with E-state index in [2.05, 4.69) is 27.0 Å². The quantitative estimate of drug-likeness (QED) is 0.147. The van der Waals surface area contributed by atoms with Gasteiger partial charge in [-0.2, -0.15) is 0 Å². The van der Waals surface area contributed by atoms with Crippen molar-refractivity contribution in [2.75, 3.05) is 6.54 Å². The van der Waals surface area contributed by atoms with E-state index in [0.29, 0.717) is 37.4 Å². The number of imidazole rings is 1. The summed E-state index contributed by atoms with van der Waals surface area (Å²) in [5.74, 6) is -0.887. The number of likely N-dealkylation sites (tertiary alicyclic amines) is 1. The number of aromatic nitrogens is 2. The molecule has 0 aliphatic carbocycles. The number of Topliss-reactive ketones (excluding diaryl/α,β-unsaturated/α-hetero) is 1. The Bertz CT molecular complexity index is 1510. The molecule has 0 bridgehead atoms. The highest BCUT2D eigenvalue weighted by atomic mass is 79.9. The summed E-state index contributed by atoms with van der Waals surface area (Å²) in [5.41, 5.74) is 3.48. The number of ketones is 1. The predicted octanol–water partition coefficient (Wildman–Crippen LogP) is 6.05. The van der Waals surface area contributed by atoms with Gasteiger partial charge in [-0.15, -0.1) is 0 Å². The van der Waals surface area contributed by atoms with Crippen LogP contribution in [0, 0.1) is 6.92 Å². The van der Waals surface area contributed by atoms with E-state index >= 15 is 0 Å². The maximum Gasteiger partial charge on any atom is 0.295 e. The molecule has 1 aromatic heterocycles. The fraction of sp³-hybridized carbons (Fsp3) is 0.194. The van der Waals surface area contributed by atoms with Crippen LogP contribution >= 0.6 is 15.9 Å². The molecule has 0 saturated carbocycles. The van der Waals surface area contributed by atoms with E-state index < -0.39 is 17.7 Å². The molecule has 5 rings (SSSR count). The topological polar surface area (TPSA) is 84.7 Å². The third-order valence-corrected chi connectivity index (χ3v) is 7.19. The molecular weight excluding hydrogens is 558 g/mol. The summed E-state index contributed by atoms with van der Waals surface area (Å²) in [7, 11) is 0. The highest BCUT2D eigenvalue weighted by molar-refractivity contribution is 9.10. The van der Waals surface area contributed by atoms with Crippen LogP contribution in [0.15, 0.2) is 102 Å². The van der Waals surface area contributed by atoms with Crippen molar-refractivity contribution in [2.24, 2.45) is 0 Å². The Labute approximate surface area is 235 Å². The molecule has 2 heterocycles. The van der Waals surface area contributed by atoms with Crippen molar-refractivity contribution in [1.29, 1.82) is 0 Å². The van der Waals surface area contributed by atoms with Gasteiger partial charge in [0, 0.05) is 35.5 Å². The molecule has 1 unspecified atom stereocenters. The molecule has 1 fully saturated rings. The fourth-order valence-corrected chi connectivity index (χ4v) is 5.23. The zero-order valence-corrected chi connectivity index (χ0v) is 23.0. The summed E-state index contributed by atoms with van der Waals surface area (Å²) in [4.78, 5) is 32.1. The van der Waals surface area contributed by atoms with Crippen molar-refractivity contribution in [3.8, 4) is 5.75 Å². The van der Waals surface area contributed by atoms with Gasteiger partial charge in [-0.05, 0) is 60.9 Å². The van der Waals surface area contributed by atoms with E-state index in [9.17, 15) is 14.7 Å². The number of carbonyl (C=O) groups excluding carboxylic acids is 2. The molecule has 7 nitrogen and oxygen atoms in total. The van der Waals surface area contributed by atoms with Crippen LogP contribution in [-0.2, 0) is 22.7 Å². The lowest BCUT2D eigenvalue weighted by Crippen LogP contribution is -2.31. The van der Waals surface area contributed by atoms with Crippen LogP contribution in [0.4, 0.5) is 0 Å². The number of amides is 1. The van der Waals surface area contributed by atoms with Gasteiger partial charge in [-0.25, -0.2) is 4.98 Å². The van der Waals surface area contributed by atoms with Crippen LogP contribution in [-0.4, -0.2) is 37.8 Å². The lowest BCUT2D eigenvalue weighted by Gasteiger charge is -2.25. The van der Waals surface area contributed by atoms with E-state index in [1.165, 1.54) is 0 Å². The van der Waals surface area contributed by atoms with Crippen molar-refractivity contribution in [1.82, 2.24) is 14.5 Å². The molecule has 1 amide bonds. The number of aliphatic hydroxyl groups is 1. The number of benzene rings is 3. The van der Waals surface area contributed by atoms with Gasteiger partial charge in [0.05, 0.1) is 17.9 Å². The number of aliphatic hydroxyl groups excluding tert-OH is 1. The molecule has 3 aromatic carbocycles. The maximum atomic E-state index is 13.3. The minimum Gasteiger partial charge on any atom is -0.507 e. The Balaban J connectivity index is 1.41. The summed E-state index contributed by atoms with van der Waals surface area (Å²) < 4.78 is 8.64. The Morgan fingerprint density at radius 1 is 1.03 bits per heavy atom. The van der Waals surface area contributed by atoms with Crippen molar-refractivity contribution in [3.05, 3.63) is 124 Å². The van der Waals surface area contributed by atoms with Gasteiger partial charge in [-0.3, -0.25) is 9.59 Å². The summed E-state index contributed by atoms with van der Waals surface area (Å²) in [6.07, 6.45) is 5.90. The summed E-state index contributed by atoms with van der Waals surface area (Å²) >= 11 is 3.49. The Hall–Kier alpha value is -4.17.